The second kappa shape index (κ2) is 7.70. The lowest BCUT2D eigenvalue weighted by Crippen LogP contribution is -2.32. The molecule has 1 heterocycles. The molecule has 2 aromatic carbocycles. The van der Waals surface area contributed by atoms with Crippen molar-refractivity contribution in [1.82, 2.24) is 9.66 Å². The number of benzene rings is 2. The molecule has 3 aromatic rings. The van der Waals surface area contributed by atoms with Crippen molar-refractivity contribution in [2.24, 2.45) is 5.10 Å². The summed E-state index contributed by atoms with van der Waals surface area (Å²) >= 11 is 3.41. The van der Waals surface area contributed by atoms with Crippen LogP contribution in [0.15, 0.2) is 61.6 Å². The molecule has 0 spiro atoms. The minimum atomic E-state index is -0.593. The predicted molar refractivity (Wildman–Crippen MR) is 106 cm³/mol. The molecule has 0 radical (unpaired) electrons. The van der Waals surface area contributed by atoms with Crippen LogP contribution in [-0.2, 0) is 0 Å². The van der Waals surface area contributed by atoms with Crippen LogP contribution in [-0.4, -0.2) is 22.0 Å². The third-order valence-electron chi connectivity index (χ3n) is 3.97. The Labute approximate surface area is 158 Å². The molecule has 7 heteroatoms. The average molecular weight is 416 g/mol. The van der Waals surface area contributed by atoms with E-state index in [1.165, 1.54) is 6.21 Å². The zero-order valence-corrected chi connectivity index (χ0v) is 16.0. The first-order valence-electron chi connectivity index (χ1n) is 8.24. The van der Waals surface area contributed by atoms with Gasteiger partial charge in [0, 0.05) is 10.0 Å². The van der Waals surface area contributed by atoms with Gasteiger partial charge in [-0.2, -0.15) is 5.10 Å². The predicted octanol–water partition coefficient (Wildman–Crippen LogP) is 3.51. The van der Waals surface area contributed by atoms with Crippen LogP contribution in [0.5, 0.6) is 5.75 Å². The van der Waals surface area contributed by atoms with Gasteiger partial charge in [-0.1, -0.05) is 35.0 Å². The van der Waals surface area contributed by atoms with Crippen molar-refractivity contribution in [2.45, 2.75) is 26.4 Å². The molecular formula is C19H18BrN3O3. The van der Waals surface area contributed by atoms with E-state index >= 15 is 0 Å². The van der Waals surface area contributed by atoms with Crippen LogP contribution in [0.1, 0.15) is 25.8 Å². The number of nitrogens with zero attached hydrogens (tertiary/aromatic N) is 2. The molecule has 0 amide bonds. The smallest absolute Gasteiger partial charge is 0.349 e. The summed E-state index contributed by atoms with van der Waals surface area (Å²) in [6, 6.07) is 12.3. The molecule has 3 rings (SSSR count). The average Bonchev–Trinajstić information content (AvgIpc) is 2.63. The van der Waals surface area contributed by atoms with E-state index in [-0.39, 0.29) is 6.10 Å². The molecule has 0 bridgehead atoms. The number of aromatic nitrogens is 2. The monoisotopic (exact) mass is 415 g/mol. The maximum Gasteiger partial charge on any atom is 0.349 e. The van der Waals surface area contributed by atoms with Gasteiger partial charge in [-0.25, -0.2) is 4.79 Å². The summed E-state index contributed by atoms with van der Waals surface area (Å²) in [6.07, 6.45) is 2.35. The minimum Gasteiger partial charge on any atom is -0.490 e. The van der Waals surface area contributed by atoms with Crippen LogP contribution in [0.4, 0.5) is 0 Å². The Morgan fingerprint density at radius 2 is 2.04 bits per heavy atom. The van der Waals surface area contributed by atoms with Crippen molar-refractivity contribution in [3.8, 4) is 5.75 Å². The first-order valence-corrected chi connectivity index (χ1v) is 9.03. The lowest BCUT2D eigenvalue weighted by molar-refractivity contribution is 0.217. The highest BCUT2D eigenvalue weighted by Crippen LogP contribution is 2.23. The molecule has 0 aliphatic heterocycles. The van der Waals surface area contributed by atoms with Gasteiger partial charge in [-0.05, 0) is 43.7 Å². The molecule has 1 aromatic heterocycles. The van der Waals surface area contributed by atoms with Crippen molar-refractivity contribution >= 4 is 33.0 Å². The second-order valence-electron chi connectivity index (χ2n) is 5.86. The van der Waals surface area contributed by atoms with Crippen LogP contribution in [0.25, 0.3) is 10.9 Å². The number of nitrogens with one attached hydrogen (secondary N) is 1. The van der Waals surface area contributed by atoms with Gasteiger partial charge in [0.25, 0.3) is 5.56 Å². The van der Waals surface area contributed by atoms with E-state index in [0.29, 0.717) is 22.2 Å². The van der Waals surface area contributed by atoms with Crippen molar-refractivity contribution in [3.05, 3.63) is 73.3 Å². The lowest BCUT2D eigenvalue weighted by Gasteiger charge is -2.14. The van der Waals surface area contributed by atoms with Crippen LogP contribution >= 0.6 is 15.9 Å². The number of H-pyrrole nitrogens is 1. The van der Waals surface area contributed by atoms with Gasteiger partial charge in [0.1, 0.15) is 5.75 Å². The van der Waals surface area contributed by atoms with Crippen LogP contribution in [0.2, 0.25) is 0 Å². The third-order valence-corrected chi connectivity index (χ3v) is 4.46. The summed E-state index contributed by atoms with van der Waals surface area (Å²) in [5, 5.41) is 4.49. The number of ether oxygens (including phenoxy) is 1. The summed E-state index contributed by atoms with van der Waals surface area (Å²) < 4.78 is 7.54. The fraction of sp³-hybridized carbons (Fsp3) is 0.211. The largest absolute Gasteiger partial charge is 0.490 e. The van der Waals surface area contributed by atoms with Gasteiger partial charge >= 0.3 is 5.69 Å². The Morgan fingerprint density at radius 1 is 1.27 bits per heavy atom. The van der Waals surface area contributed by atoms with E-state index in [0.717, 1.165) is 15.6 Å². The van der Waals surface area contributed by atoms with E-state index in [1.54, 1.807) is 24.3 Å². The number of hydrogen-bond acceptors (Lipinski definition) is 4. The van der Waals surface area contributed by atoms with Gasteiger partial charge in [0.15, 0.2) is 0 Å². The number of halogens is 1. The molecule has 0 saturated carbocycles. The number of hydrogen-bond donors (Lipinski definition) is 1. The zero-order valence-electron chi connectivity index (χ0n) is 14.4. The Bertz CT molecular complexity index is 1090. The summed E-state index contributed by atoms with van der Waals surface area (Å²) in [5.41, 5.74) is 0.0839. The Hall–Kier alpha value is -2.67. The lowest BCUT2D eigenvalue weighted by atomic mass is 10.2. The van der Waals surface area contributed by atoms with Crippen molar-refractivity contribution in [2.75, 3.05) is 0 Å². The standard InChI is InChI=1S/C19H18BrN3O3/c1-3-12(2)26-17-9-8-14(20)10-13(17)11-21-23-18(24)15-6-4-5-7-16(15)22-19(23)25/h4-12H,3H2,1-2H3,(H,22,25). The maximum atomic E-state index is 12.5. The van der Waals surface area contributed by atoms with Crippen LogP contribution in [0.3, 0.4) is 0 Å². The summed E-state index contributed by atoms with van der Waals surface area (Å²) in [7, 11) is 0. The van der Waals surface area contributed by atoms with E-state index in [9.17, 15) is 9.59 Å². The molecule has 0 fully saturated rings. The highest BCUT2D eigenvalue weighted by atomic mass is 79.9. The summed E-state index contributed by atoms with van der Waals surface area (Å²) in [5.74, 6) is 0.636. The Kier molecular flexibility index (Phi) is 5.37. The van der Waals surface area contributed by atoms with Gasteiger partial charge < -0.3 is 9.72 Å². The molecule has 1 unspecified atom stereocenters. The highest BCUT2D eigenvalue weighted by Gasteiger charge is 2.09. The normalized spacial score (nSPS) is 12.6. The highest BCUT2D eigenvalue weighted by molar-refractivity contribution is 9.10. The molecule has 1 N–H and O–H groups in total. The Balaban J connectivity index is 2.06. The van der Waals surface area contributed by atoms with E-state index < -0.39 is 11.2 Å². The molecule has 6 nitrogen and oxygen atoms in total. The van der Waals surface area contributed by atoms with E-state index in [2.05, 4.69) is 26.0 Å². The molecule has 0 saturated heterocycles. The van der Waals surface area contributed by atoms with Gasteiger partial charge in [-0.15, -0.1) is 4.68 Å². The first kappa shape index (κ1) is 18.1. The fourth-order valence-electron chi connectivity index (χ4n) is 2.41. The molecule has 0 aliphatic carbocycles. The van der Waals surface area contributed by atoms with E-state index in [1.807, 2.05) is 32.0 Å². The number of fused-ring (bicyclic) bond motifs is 1. The van der Waals surface area contributed by atoms with Crippen molar-refractivity contribution in [1.29, 1.82) is 0 Å². The molecule has 26 heavy (non-hydrogen) atoms. The SMILES string of the molecule is CCC(C)Oc1ccc(Br)cc1C=Nn1c(=O)[nH]c2ccccc2c1=O. The second-order valence-corrected chi connectivity index (χ2v) is 6.77. The van der Waals surface area contributed by atoms with Crippen molar-refractivity contribution < 1.29 is 4.74 Å². The van der Waals surface area contributed by atoms with Gasteiger partial charge in [0.2, 0.25) is 0 Å². The maximum absolute atomic E-state index is 12.5. The summed E-state index contributed by atoms with van der Waals surface area (Å²) in [6.45, 7) is 4.01. The summed E-state index contributed by atoms with van der Waals surface area (Å²) in [4.78, 5) is 27.4. The minimum absolute atomic E-state index is 0.0371. The van der Waals surface area contributed by atoms with Crippen LogP contribution in [0, 0.1) is 0 Å². The first-order chi connectivity index (χ1) is 12.5. The van der Waals surface area contributed by atoms with E-state index in [4.69, 9.17) is 4.74 Å². The van der Waals surface area contributed by atoms with Crippen LogP contribution < -0.4 is 16.0 Å². The quantitative estimate of drug-likeness (QED) is 0.647. The topological polar surface area (TPSA) is 76.5 Å². The number of para-hydroxylation sites is 1. The Morgan fingerprint density at radius 3 is 2.81 bits per heavy atom. The fourth-order valence-corrected chi connectivity index (χ4v) is 2.78. The number of aromatic amines is 1. The van der Waals surface area contributed by atoms with Crippen molar-refractivity contribution in [3.63, 3.8) is 0 Å². The van der Waals surface area contributed by atoms with Gasteiger partial charge in [-0.3, -0.25) is 4.79 Å². The molecule has 0 aliphatic rings. The molecule has 134 valence electrons. The van der Waals surface area contributed by atoms with Gasteiger partial charge in [0.05, 0.1) is 23.2 Å². The molecular weight excluding hydrogens is 398 g/mol. The zero-order chi connectivity index (χ0) is 18.7. The number of rotatable bonds is 5. The third kappa shape index (κ3) is 3.77. The molecule has 1 atom stereocenters.